The van der Waals surface area contributed by atoms with Crippen LogP contribution in [-0.4, -0.2) is 46.7 Å². The van der Waals surface area contributed by atoms with E-state index in [4.69, 9.17) is 16.7 Å². The molecule has 1 saturated heterocycles. The number of hydrogen-bond acceptors (Lipinski definition) is 5. The van der Waals surface area contributed by atoms with Gasteiger partial charge in [0, 0.05) is 25.3 Å². The van der Waals surface area contributed by atoms with E-state index in [0.717, 1.165) is 5.69 Å². The third-order valence-corrected chi connectivity index (χ3v) is 2.79. The van der Waals surface area contributed by atoms with E-state index in [9.17, 15) is 4.79 Å². The van der Waals surface area contributed by atoms with Crippen molar-refractivity contribution in [1.82, 2.24) is 15.3 Å². The van der Waals surface area contributed by atoms with Gasteiger partial charge in [0.1, 0.15) is 11.2 Å². The number of carboxylic acid groups (broad SMARTS) is 1. The van der Waals surface area contributed by atoms with E-state index in [0.29, 0.717) is 30.7 Å². The average Bonchev–Trinajstić information content (AvgIpc) is 2.27. The van der Waals surface area contributed by atoms with Gasteiger partial charge in [0.2, 0.25) is 5.95 Å². The Labute approximate surface area is 104 Å². The fraction of sp³-hybridized carbons (Fsp3) is 0.500. The molecule has 0 aromatic carbocycles. The number of aromatic nitrogens is 2. The van der Waals surface area contributed by atoms with Crippen molar-refractivity contribution < 1.29 is 9.90 Å². The minimum absolute atomic E-state index is 0.329. The molecule has 0 spiro atoms. The second kappa shape index (κ2) is 4.85. The van der Waals surface area contributed by atoms with Crippen LogP contribution in [0.15, 0.2) is 6.07 Å². The van der Waals surface area contributed by atoms with Gasteiger partial charge >= 0.3 is 5.97 Å². The molecular formula is C10H13ClN4O2. The predicted octanol–water partition coefficient (Wildman–Crippen LogP) is 0.301. The van der Waals surface area contributed by atoms with Gasteiger partial charge in [-0.1, -0.05) is 11.6 Å². The highest BCUT2D eigenvalue weighted by Crippen LogP contribution is 2.17. The zero-order valence-corrected chi connectivity index (χ0v) is 10.1. The number of rotatable bonds is 2. The van der Waals surface area contributed by atoms with Gasteiger partial charge in [-0.3, -0.25) is 0 Å². The van der Waals surface area contributed by atoms with Crippen molar-refractivity contribution in [3.05, 3.63) is 16.9 Å². The molecule has 0 bridgehead atoms. The lowest BCUT2D eigenvalue weighted by atomic mass is 10.2. The fourth-order valence-electron chi connectivity index (χ4n) is 1.81. The molecule has 1 aromatic rings. The summed E-state index contributed by atoms with van der Waals surface area (Å²) in [5.74, 6) is -0.512. The number of hydrogen-bond donors (Lipinski definition) is 2. The quantitative estimate of drug-likeness (QED) is 0.741. The van der Waals surface area contributed by atoms with E-state index in [2.05, 4.69) is 15.3 Å². The molecule has 1 aromatic heterocycles. The van der Waals surface area contributed by atoms with Crippen LogP contribution in [0.25, 0.3) is 0 Å². The molecule has 1 fully saturated rings. The fourth-order valence-corrected chi connectivity index (χ4v) is 2.04. The molecule has 0 radical (unpaired) electrons. The van der Waals surface area contributed by atoms with Crippen LogP contribution in [0.5, 0.6) is 0 Å². The van der Waals surface area contributed by atoms with Crippen molar-refractivity contribution in [2.24, 2.45) is 0 Å². The lowest BCUT2D eigenvalue weighted by Crippen LogP contribution is -2.55. The Morgan fingerprint density at radius 3 is 3.06 bits per heavy atom. The Bertz CT molecular complexity index is 420. The molecule has 1 aliphatic heterocycles. The van der Waals surface area contributed by atoms with E-state index in [-0.39, 0.29) is 0 Å². The van der Waals surface area contributed by atoms with Gasteiger partial charge in [0.05, 0.1) is 0 Å². The predicted molar refractivity (Wildman–Crippen MR) is 63.4 cm³/mol. The van der Waals surface area contributed by atoms with Gasteiger partial charge in [-0.25, -0.2) is 14.8 Å². The first-order valence-electron chi connectivity index (χ1n) is 5.29. The summed E-state index contributed by atoms with van der Waals surface area (Å²) in [5, 5.41) is 12.5. The van der Waals surface area contributed by atoms with Crippen LogP contribution in [0.1, 0.15) is 5.69 Å². The normalized spacial score (nSPS) is 20.4. The van der Waals surface area contributed by atoms with Crippen LogP contribution in [0.3, 0.4) is 0 Å². The number of carboxylic acids is 1. The van der Waals surface area contributed by atoms with Crippen molar-refractivity contribution in [1.29, 1.82) is 0 Å². The average molecular weight is 257 g/mol. The molecule has 2 heterocycles. The molecule has 0 aliphatic carbocycles. The van der Waals surface area contributed by atoms with Crippen molar-refractivity contribution in [2.45, 2.75) is 13.0 Å². The first-order valence-corrected chi connectivity index (χ1v) is 5.67. The van der Waals surface area contributed by atoms with Crippen LogP contribution in [0.4, 0.5) is 5.95 Å². The van der Waals surface area contributed by atoms with Crippen molar-refractivity contribution in [3.63, 3.8) is 0 Å². The summed E-state index contributed by atoms with van der Waals surface area (Å²) in [4.78, 5) is 21.1. The topological polar surface area (TPSA) is 78.4 Å². The monoisotopic (exact) mass is 256 g/mol. The Balaban J connectivity index is 2.32. The number of piperazine rings is 1. The molecule has 2 N–H and O–H groups in total. The molecule has 2 rings (SSSR count). The second-order valence-corrected chi connectivity index (χ2v) is 4.27. The van der Waals surface area contributed by atoms with Crippen LogP contribution in [0, 0.1) is 6.92 Å². The summed E-state index contributed by atoms with van der Waals surface area (Å²) in [5.41, 5.74) is 0.725. The third-order valence-electron chi connectivity index (χ3n) is 2.60. The number of aliphatic carboxylic acids is 1. The van der Waals surface area contributed by atoms with Crippen molar-refractivity contribution >= 4 is 23.5 Å². The van der Waals surface area contributed by atoms with Gasteiger partial charge in [-0.15, -0.1) is 0 Å². The Morgan fingerprint density at radius 2 is 2.41 bits per heavy atom. The molecule has 1 aliphatic rings. The number of carbonyl (C=O) groups is 1. The minimum atomic E-state index is -0.890. The van der Waals surface area contributed by atoms with Gasteiger partial charge in [0.15, 0.2) is 0 Å². The van der Waals surface area contributed by atoms with E-state index < -0.39 is 12.0 Å². The van der Waals surface area contributed by atoms with Crippen molar-refractivity contribution in [3.8, 4) is 0 Å². The second-order valence-electron chi connectivity index (χ2n) is 3.88. The SMILES string of the molecule is Cc1cc(Cl)nc(N2CCNC[C@@H]2C(=O)O)n1. The summed E-state index contributed by atoms with van der Waals surface area (Å²) < 4.78 is 0. The molecule has 6 nitrogen and oxygen atoms in total. The van der Waals surface area contributed by atoms with Crippen LogP contribution >= 0.6 is 11.6 Å². The van der Waals surface area contributed by atoms with E-state index in [1.165, 1.54) is 0 Å². The maximum Gasteiger partial charge on any atom is 0.327 e. The Kier molecular flexibility index (Phi) is 3.44. The molecule has 0 unspecified atom stereocenters. The highest BCUT2D eigenvalue weighted by atomic mass is 35.5. The highest BCUT2D eigenvalue weighted by Gasteiger charge is 2.30. The first kappa shape index (κ1) is 12.1. The zero-order valence-electron chi connectivity index (χ0n) is 9.35. The van der Waals surface area contributed by atoms with E-state index in [1.54, 1.807) is 17.9 Å². The molecular weight excluding hydrogens is 244 g/mol. The van der Waals surface area contributed by atoms with Gasteiger partial charge in [-0.2, -0.15) is 0 Å². The van der Waals surface area contributed by atoms with Crippen LogP contribution < -0.4 is 10.2 Å². The third kappa shape index (κ3) is 2.65. The number of aryl methyl sites for hydroxylation is 1. The van der Waals surface area contributed by atoms with E-state index in [1.807, 2.05) is 0 Å². The number of halogens is 1. The largest absolute Gasteiger partial charge is 0.480 e. The zero-order chi connectivity index (χ0) is 12.4. The highest BCUT2D eigenvalue weighted by molar-refractivity contribution is 6.29. The number of nitrogens with one attached hydrogen (secondary N) is 1. The van der Waals surface area contributed by atoms with Gasteiger partial charge in [0.25, 0.3) is 0 Å². The van der Waals surface area contributed by atoms with Gasteiger partial charge in [-0.05, 0) is 13.0 Å². The standard InChI is InChI=1S/C10H13ClN4O2/c1-6-4-8(11)14-10(13-6)15-3-2-12-5-7(15)9(16)17/h4,7,12H,2-3,5H2,1H3,(H,16,17)/t7-/m1/s1. The number of anilines is 1. The summed E-state index contributed by atoms with van der Waals surface area (Å²) >= 11 is 5.86. The summed E-state index contributed by atoms with van der Waals surface area (Å²) in [7, 11) is 0. The van der Waals surface area contributed by atoms with E-state index >= 15 is 0 Å². The maximum absolute atomic E-state index is 11.1. The summed E-state index contributed by atoms with van der Waals surface area (Å²) in [6.45, 7) is 3.44. The summed E-state index contributed by atoms with van der Waals surface area (Å²) in [6, 6.07) is 0.991. The molecule has 0 amide bonds. The Morgan fingerprint density at radius 1 is 1.65 bits per heavy atom. The van der Waals surface area contributed by atoms with Crippen LogP contribution in [0.2, 0.25) is 5.15 Å². The molecule has 7 heteroatoms. The number of nitrogens with zero attached hydrogens (tertiary/aromatic N) is 3. The van der Waals surface area contributed by atoms with Crippen molar-refractivity contribution in [2.75, 3.05) is 24.5 Å². The van der Waals surface area contributed by atoms with Gasteiger partial charge < -0.3 is 15.3 Å². The first-order chi connectivity index (χ1) is 8.08. The minimum Gasteiger partial charge on any atom is -0.480 e. The van der Waals surface area contributed by atoms with Crippen LogP contribution in [-0.2, 0) is 4.79 Å². The molecule has 92 valence electrons. The maximum atomic E-state index is 11.1. The Hall–Kier alpha value is -1.40. The summed E-state index contributed by atoms with van der Waals surface area (Å²) in [6.07, 6.45) is 0. The smallest absolute Gasteiger partial charge is 0.327 e. The molecule has 0 saturated carbocycles. The molecule has 17 heavy (non-hydrogen) atoms. The lowest BCUT2D eigenvalue weighted by molar-refractivity contribution is -0.138. The molecule has 1 atom stereocenters. The lowest BCUT2D eigenvalue weighted by Gasteiger charge is -2.33.